The minimum absolute atomic E-state index is 0.0210. The number of hydrogen-bond donors (Lipinski definition) is 1. The normalized spacial score (nSPS) is 20.7. The van der Waals surface area contributed by atoms with Crippen molar-refractivity contribution in [2.24, 2.45) is 0 Å². The van der Waals surface area contributed by atoms with Crippen LogP contribution in [0.2, 0.25) is 0 Å². The Bertz CT molecular complexity index is 953. The second kappa shape index (κ2) is 6.44. The molecule has 1 atom stereocenters. The first kappa shape index (κ1) is 17.3. The molecule has 1 saturated heterocycles. The van der Waals surface area contributed by atoms with Gasteiger partial charge < -0.3 is 5.11 Å². The molecule has 6 nitrogen and oxygen atoms in total. The van der Waals surface area contributed by atoms with Crippen LogP contribution in [0.3, 0.4) is 0 Å². The molecule has 1 heterocycles. The third-order valence-electron chi connectivity index (χ3n) is 4.26. The van der Waals surface area contributed by atoms with Crippen molar-refractivity contribution in [1.29, 1.82) is 0 Å². The van der Waals surface area contributed by atoms with Crippen LogP contribution in [0, 0.1) is 0 Å². The van der Waals surface area contributed by atoms with E-state index in [0.717, 1.165) is 15.1 Å². The zero-order valence-electron chi connectivity index (χ0n) is 13.0. The Labute approximate surface area is 141 Å². The predicted molar refractivity (Wildman–Crippen MR) is 92.0 cm³/mol. The van der Waals surface area contributed by atoms with Crippen molar-refractivity contribution < 1.29 is 21.9 Å². The summed E-state index contributed by atoms with van der Waals surface area (Å²) in [4.78, 5) is 0.110. The van der Waals surface area contributed by atoms with E-state index in [-0.39, 0.29) is 36.0 Å². The van der Waals surface area contributed by atoms with Crippen LogP contribution < -0.4 is 0 Å². The van der Waals surface area contributed by atoms with E-state index in [1.54, 1.807) is 12.1 Å². The lowest BCUT2D eigenvalue weighted by molar-refractivity contribution is 0.232. The quantitative estimate of drug-likeness (QED) is 0.849. The Balaban J connectivity index is 2.01. The van der Waals surface area contributed by atoms with Gasteiger partial charge in [0.15, 0.2) is 9.84 Å². The van der Waals surface area contributed by atoms with Gasteiger partial charge >= 0.3 is 0 Å². The number of hydrogen-bond acceptors (Lipinski definition) is 5. The first-order valence-corrected chi connectivity index (χ1v) is 10.9. The van der Waals surface area contributed by atoms with Gasteiger partial charge in [-0.3, -0.25) is 0 Å². The number of sulfonamides is 1. The van der Waals surface area contributed by atoms with Gasteiger partial charge in [-0.1, -0.05) is 30.3 Å². The van der Waals surface area contributed by atoms with Gasteiger partial charge in [0, 0.05) is 12.6 Å². The molecule has 3 rings (SSSR count). The van der Waals surface area contributed by atoms with Crippen LogP contribution in [0.1, 0.15) is 6.42 Å². The Hall–Kier alpha value is -1.48. The van der Waals surface area contributed by atoms with E-state index in [9.17, 15) is 21.9 Å². The molecule has 24 heavy (non-hydrogen) atoms. The number of aliphatic hydroxyl groups excluding tert-OH is 1. The maximum atomic E-state index is 13.0. The molecule has 0 spiro atoms. The summed E-state index contributed by atoms with van der Waals surface area (Å²) in [6, 6.07) is 11.6. The van der Waals surface area contributed by atoms with Gasteiger partial charge in [0.05, 0.1) is 23.0 Å². The Kier molecular flexibility index (Phi) is 4.65. The largest absolute Gasteiger partial charge is 0.395 e. The summed E-state index contributed by atoms with van der Waals surface area (Å²) in [6.45, 7) is -0.474. The van der Waals surface area contributed by atoms with Gasteiger partial charge in [-0.2, -0.15) is 4.31 Å². The molecule has 0 radical (unpaired) electrons. The van der Waals surface area contributed by atoms with E-state index in [2.05, 4.69) is 0 Å². The fraction of sp³-hybridized carbons (Fsp3) is 0.375. The van der Waals surface area contributed by atoms with E-state index in [1.165, 1.54) is 6.07 Å². The number of fused-ring (bicyclic) bond motifs is 1. The highest BCUT2D eigenvalue weighted by Gasteiger charge is 2.38. The second-order valence-corrected chi connectivity index (χ2v) is 10.0. The van der Waals surface area contributed by atoms with Crippen LogP contribution in [-0.2, 0) is 19.9 Å². The summed E-state index contributed by atoms with van der Waals surface area (Å²) in [6.07, 6.45) is 0.259. The second-order valence-electron chi connectivity index (χ2n) is 5.91. The van der Waals surface area contributed by atoms with E-state index in [4.69, 9.17) is 0 Å². The molecule has 2 aromatic rings. The molecule has 8 heteroatoms. The topological polar surface area (TPSA) is 91.8 Å². The molecule has 1 N–H and O–H groups in total. The molecule has 0 saturated carbocycles. The Morgan fingerprint density at radius 2 is 1.83 bits per heavy atom. The first-order valence-electron chi connectivity index (χ1n) is 7.65. The minimum Gasteiger partial charge on any atom is -0.395 e. The number of nitrogens with zero attached hydrogens (tertiary/aromatic N) is 1. The molecular formula is C16H19NO5S2. The fourth-order valence-electron chi connectivity index (χ4n) is 3.06. The predicted octanol–water partition coefficient (Wildman–Crippen LogP) is 1.01. The highest BCUT2D eigenvalue weighted by atomic mass is 32.2. The minimum atomic E-state index is -3.88. The summed E-state index contributed by atoms with van der Waals surface area (Å²) >= 11 is 0. The van der Waals surface area contributed by atoms with Crippen molar-refractivity contribution in [2.75, 3.05) is 24.7 Å². The van der Waals surface area contributed by atoms with E-state index >= 15 is 0 Å². The molecule has 0 aliphatic carbocycles. The summed E-state index contributed by atoms with van der Waals surface area (Å²) in [5.74, 6) is -0.216. The Morgan fingerprint density at radius 1 is 1.12 bits per heavy atom. The first-order chi connectivity index (χ1) is 11.3. The van der Waals surface area contributed by atoms with Gasteiger partial charge in [0.1, 0.15) is 0 Å². The summed E-state index contributed by atoms with van der Waals surface area (Å²) in [7, 11) is -7.10. The van der Waals surface area contributed by atoms with Crippen LogP contribution in [0.15, 0.2) is 47.4 Å². The highest BCUT2D eigenvalue weighted by Crippen LogP contribution is 2.27. The molecule has 2 aromatic carbocycles. The summed E-state index contributed by atoms with van der Waals surface area (Å²) in [5, 5.41) is 11.0. The number of aliphatic hydroxyl groups is 1. The number of benzene rings is 2. The number of sulfone groups is 1. The lowest BCUT2D eigenvalue weighted by atomic mass is 10.1. The standard InChI is InChI=1S/C16H19NO5S2/c18-9-8-17(15-7-10-23(19,20)12-15)24(21,22)16-6-5-13-3-1-2-4-14(13)11-16/h1-6,11,15,18H,7-10,12H2/t15-/m0/s1. The van der Waals surface area contributed by atoms with Crippen molar-refractivity contribution in [2.45, 2.75) is 17.4 Å². The lowest BCUT2D eigenvalue weighted by Crippen LogP contribution is -2.42. The fourth-order valence-corrected chi connectivity index (χ4v) is 6.57. The Morgan fingerprint density at radius 3 is 2.46 bits per heavy atom. The monoisotopic (exact) mass is 369 g/mol. The molecule has 1 aliphatic heterocycles. The molecule has 0 unspecified atom stereocenters. The maximum Gasteiger partial charge on any atom is 0.243 e. The van der Waals surface area contributed by atoms with Crippen LogP contribution in [-0.4, -0.2) is 56.9 Å². The number of rotatable bonds is 5. The summed E-state index contributed by atoms with van der Waals surface area (Å²) < 4.78 is 50.5. The molecule has 1 fully saturated rings. The third-order valence-corrected chi connectivity index (χ3v) is 7.96. The summed E-state index contributed by atoms with van der Waals surface area (Å²) in [5.41, 5.74) is 0. The molecule has 130 valence electrons. The average Bonchev–Trinajstić information content (AvgIpc) is 2.91. The lowest BCUT2D eigenvalue weighted by Gasteiger charge is -2.26. The van der Waals surface area contributed by atoms with Crippen LogP contribution in [0.25, 0.3) is 10.8 Å². The van der Waals surface area contributed by atoms with Crippen molar-refractivity contribution in [3.05, 3.63) is 42.5 Å². The SMILES string of the molecule is O=S1(=O)CC[C@H](N(CCO)S(=O)(=O)c2ccc3ccccc3c2)C1. The smallest absolute Gasteiger partial charge is 0.243 e. The van der Waals surface area contributed by atoms with Crippen LogP contribution in [0.4, 0.5) is 0 Å². The molecule has 0 aromatic heterocycles. The van der Waals surface area contributed by atoms with Gasteiger partial charge in [0.25, 0.3) is 0 Å². The van der Waals surface area contributed by atoms with Gasteiger partial charge in [-0.05, 0) is 29.3 Å². The van der Waals surface area contributed by atoms with E-state index in [0.29, 0.717) is 0 Å². The molecule has 1 aliphatic rings. The molecule has 0 amide bonds. The van der Waals surface area contributed by atoms with Crippen molar-refractivity contribution in [3.8, 4) is 0 Å². The van der Waals surface area contributed by atoms with E-state index < -0.39 is 25.9 Å². The van der Waals surface area contributed by atoms with Gasteiger partial charge in [0.2, 0.25) is 10.0 Å². The molecule has 0 bridgehead atoms. The maximum absolute atomic E-state index is 13.0. The third kappa shape index (κ3) is 3.32. The van der Waals surface area contributed by atoms with Crippen LogP contribution in [0.5, 0.6) is 0 Å². The zero-order valence-corrected chi connectivity index (χ0v) is 14.6. The van der Waals surface area contributed by atoms with Crippen molar-refractivity contribution in [3.63, 3.8) is 0 Å². The van der Waals surface area contributed by atoms with Gasteiger partial charge in [-0.15, -0.1) is 0 Å². The van der Waals surface area contributed by atoms with Crippen molar-refractivity contribution >= 4 is 30.6 Å². The average molecular weight is 369 g/mol. The van der Waals surface area contributed by atoms with Crippen LogP contribution >= 0.6 is 0 Å². The highest BCUT2D eigenvalue weighted by molar-refractivity contribution is 7.92. The van der Waals surface area contributed by atoms with Crippen molar-refractivity contribution in [1.82, 2.24) is 4.31 Å². The van der Waals surface area contributed by atoms with Gasteiger partial charge in [-0.25, -0.2) is 16.8 Å². The molecular weight excluding hydrogens is 350 g/mol. The van der Waals surface area contributed by atoms with E-state index in [1.807, 2.05) is 24.3 Å². The zero-order chi connectivity index (χ0) is 17.4.